The summed E-state index contributed by atoms with van der Waals surface area (Å²) in [7, 11) is 0. The van der Waals surface area contributed by atoms with Crippen LogP contribution < -0.4 is 0 Å². The Balaban J connectivity index is 3.56. The lowest BCUT2D eigenvalue weighted by Crippen LogP contribution is -2.21. The van der Waals surface area contributed by atoms with Gasteiger partial charge in [-0.05, 0) is 24.2 Å². The Morgan fingerprint density at radius 1 is 1.25 bits per heavy atom. The molecule has 0 aliphatic heterocycles. The van der Waals surface area contributed by atoms with Crippen molar-refractivity contribution in [2.75, 3.05) is 13.2 Å². The first-order chi connectivity index (χ1) is 5.48. The zero-order valence-electron chi connectivity index (χ0n) is 9.24. The Kier molecular flexibility index (Phi) is 5.56. The van der Waals surface area contributed by atoms with Gasteiger partial charge >= 0.3 is 0 Å². The van der Waals surface area contributed by atoms with Crippen molar-refractivity contribution in [3.8, 4) is 0 Å². The molecule has 0 aliphatic rings. The molecule has 0 aromatic rings. The fourth-order valence-electron chi connectivity index (χ4n) is 1.50. The smallest absolute Gasteiger partial charge is 0.0517 e. The molecular formula is C11H23O. The van der Waals surface area contributed by atoms with Gasteiger partial charge in [-0.1, -0.05) is 34.6 Å². The minimum absolute atomic E-state index is 0.313. The summed E-state index contributed by atoms with van der Waals surface area (Å²) in [6.45, 7) is 12.8. The molecular weight excluding hydrogens is 148 g/mol. The lowest BCUT2D eigenvalue weighted by molar-refractivity contribution is 0.0603. The summed E-state index contributed by atoms with van der Waals surface area (Å²) >= 11 is 0. The summed E-state index contributed by atoms with van der Waals surface area (Å²) in [6, 6.07) is 0. The topological polar surface area (TPSA) is 9.23 Å². The van der Waals surface area contributed by atoms with Crippen molar-refractivity contribution in [3.05, 3.63) is 5.92 Å². The third-order valence-electron chi connectivity index (χ3n) is 1.67. The van der Waals surface area contributed by atoms with E-state index in [4.69, 9.17) is 4.74 Å². The van der Waals surface area contributed by atoms with Gasteiger partial charge in [0.05, 0.1) is 6.61 Å². The first-order valence-electron chi connectivity index (χ1n) is 4.85. The number of rotatable bonds is 6. The van der Waals surface area contributed by atoms with Gasteiger partial charge in [-0.25, -0.2) is 0 Å². The van der Waals surface area contributed by atoms with Crippen LogP contribution in [0.25, 0.3) is 0 Å². The van der Waals surface area contributed by atoms with E-state index < -0.39 is 0 Å². The molecule has 0 saturated heterocycles. The predicted molar refractivity (Wildman–Crippen MR) is 54.1 cm³/mol. The van der Waals surface area contributed by atoms with Gasteiger partial charge in [0.25, 0.3) is 0 Å². The fourth-order valence-corrected chi connectivity index (χ4v) is 1.50. The third-order valence-corrected chi connectivity index (χ3v) is 1.67. The molecule has 0 atom stereocenters. The maximum Gasteiger partial charge on any atom is 0.0517 e. The van der Waals surface area contributed by atoms with Gasteiger partial charge in [0.2, 0.25) is 0 Å². The zero-order valence-corrected chi connectivity index (χ0v) is 9.24. The number of ether oxygens (including phenoxy) is 1. The highest BCUT2D eigenvalue weighted by Gasteiger charge is 2.19. The van der Waals surface area contributed by atoms with Crippen LogP contribution >= 0.6 is 0 Å². The molecule has 0 spiro atoms. The van der Waals surface area contributed by atoms with Gasteiger partial charge in [0, 0.05) is 6.61 Å². The first kappa shape index (κ1) is 12.0. The van der Waals surface area contributed by atoms with Gasteiger partial charge in [0.15, 0.2) is 0 Å². The maximum atomic E-state index is 5.54. The van der Waals surface area contributed by atoms with Crippen LogP contribution in [0.3, 0.4) is 0 Å². The second kappa shape index (κ2) is 5.58. The number of hydrogen-bond acceptors (Lipinski definition) is 1. The van der Waals surface area contributed by atoms with E-state index in [2.05, 4.69) is 34.6 Å². The van der Waals surface area contributed by atoms with Crippen molar-refractivity contribution in [1.29, 1.82) is 0 Å². The second-order valence-corrected chi connectivity index (χ2v) is 4.60. The summed E-state index contributed by atoms with van der Waals surface area (Å²) < 4.78 is 5.54. The van der Waals surface area contributed by atoms with Gasteiger partial charge in [0.1, 0.15) is 0 Å². The third kappa shape index (κ3) is 6.66. The van der Waals surface area contributed by atoms with Crippen LogP contribution in [0, 0.1) is 11.3 Å². The Morgan fingerprint density at radius 3 is 2.25 bits per heavy atom. The molecule has 12 heavy (non-hydrogen) atoms. The molecule has 0 aliphatic carbocycles. The minimum atomic E-state index is 0.313. The van der Waals surface area contributed by atoms with E-state index in [0.717, 1.165) is 26.1 Å². The van der Waals surface area contributed by atoms with E-state index in [1.54, 1.807) is 0 Å². The lowest BCUT2D eigenvalue weighted by Gasteiger charge is -2.26. The van der Waals surface area contributed by atoms with Crippen molar-refractivity contribution in [2.24, 2.45) is 5.41 Å². The lowest BCUT2D eigenvalue weighted by atomic mass is 9.85. The van der Waals surface area contributed by atoms with Gasteiger partial charge in [-0.3, -0.25) is 0 Å². The van der Waals surface area contributed by atoms with Crippen molar-refractivity contribution >= 4 is 0 Å². The highest BCUT2D eigenvalue weighted by Crippen LogP contribution is 2.26. The van der Waals surface area contributed by atoms with Crippen LogP contribution in [-0.4, -0.2) is 13.2 Å². The van der Waals surface area contributed by atoms with Crippen LogP contribution in [0.2, 0.25) is 0 Å². The minimum Gasteiger partial charge on any atom is -0.381 e. The molecule has 0 fully saturated rings. The largest absolute Gasteiger partial charge is 0.381 e. The van der Waals surface area contributed by atoms with Gasteiger partial charge in [-0.15, -0.1) is 0 Å². The van der Waals surface area contributed by atoms with Gasteiger partial charge in [-0.2, -0.15) is 0 Å². The SMILES string of the molecule is CCCOCC(C)(C)C[C](C)C. The summed E-state index contributed by atoms with van der Waals surface area (Å²) in [5.41, 5.74) is 0.313. The van der Waals surface area contributed by atoms with Crippen LogP contribution in [-0.2, 0) is 4.74 Å². The van der Waals surface area contributed by atoms with Crippen molar-refractivity contribution in [3.63, 3.8) is 0 Å². The Labute approximate surface area is 77.5 Å². The molecule has 0 aromatic heterocycles. The fraction of sp³-hybridized carbons (Fsp3) is 0.909. The molecule has 1 radical (unpaired) electrons. The summed E-state index contributed by atoms with van der Waals surface area (Å²) in [6.07, 6.45) is 2.28. The van der Waals surface area contributed by atoms with Crippen LogP contribution in [0.4, 0.5) is 0 Å². The van der Waals surface area contributed by atoms with E-state index in [1.807, 2.05) is 0 Å². The molecule has 0 heterocycles. The van der Waals surface area contributed by atoms with E-state index in [0.29, 0.717) is 5.41 Å². The Hall–Kier alpha value is -0.0400. The molecule has 0 unspecified atom stereocenters. The molecule has 0 rings (SSSR count). The van der Waals surface area contributed by atoms with E-state index in [9.17, 15) is 0 Å². The molecule has 0 aromatic carbocycles. The zero-order chi connectivity index (χ0) is 9.61. The highest BCUT2D eigenvalue weighted by atomic mass is 16.5. The van der Waals surface area contributed by atoms with E-state index >= 15 is 0 Å². The van der Waals surface area contributed by atoms with Gasteiger partial charge < -0.3 is 4.74 Å². The Morgan fingerprint density at radius 2 is 1.83 bits per heavy atom. The molecule has 0 saturated carbocycles. The molecule has 1 heteroatoms. The van der Waals surface area contributed by atoms with E-state index in [1.165, 1.54) is 5.92 Å². The molecule has 73 valence electrons. The molecule has 0 amide bonds. The summed E-state index contributed by atoms with van der Waals surface area (Å²) in [5, 5.41) is 0. The normalized spacial score (nSPS) is 12.5. The summed E-state index contributed by atoms with van der Waals surface area (Å²) in [4.78, 5) is 0. The van der Waals surface area contributed by atoms with Crippen molar-refractivity contribution < 1.29 is 4.74 Å². The van der Waals surface area contributed by atoms with Crippen LogP contribution in [0.1, 0.15) is 47.5 Å². The molecule has 1 nitrogen and oxygen atoms in total. The van der Waals surface area contributed by atoms with Crippen LogP contribution in [0.5, 0.6) is 0 Å². The monoisotopic (exact) mass is 171 g/mol. The Bertz CT molecular complexity index is 106. The maximum absolute atomic E-state index is 5.54. The van der Waals surface area contributed by atoms with Crippen LogP contribution in [0.15, 0.2) is 0 Å². The molecule has 0 bridgehead atoms. The average molecular weight is 171 g/mol. The number of hydrogen-bond donors (Lipinski definition) is 0. The second-order valence-electron chi connectivity index (χ2n) is 4.60. The van der Waals surface area contributed by atoms with Crippen molar-refractivity contribution in [2.45, 2.75) is 47.5 Å². The highest BCUT2D eigenvalue weighted by molar-refractivity contribution is 4.85. The average Bonchev–Trinajstić information content (AvgIpc) is 1.84. The summed E-state index contributed by atoms with van der Waals surface area (Å²) in [5.74, 6) is 1.49. The quantitative estimate of drug-likeness (QED) is 0.556. The molecule has 0 N–H and O–H groups in total. The standard InChI is InChI=1S/C11H23O/c1-6-7-12-9-11(4,5)8-10(2)3/h6-9H2,1-5H3. The predicted octanol–water partition coefficient (Wildman–Crippen LogP) is 3.44. The first-order valence-corrected chi connectivity index (χ1v) is 4.85. The van der Waals surface area contributed by atoms with E-state index in [-0.39, 0.29) is 0 Å². The van der Waals surface area contributed by atoms with Crippen molar-refractivity contribution in [1.82, 2.24) is 0 Å².